The van der Waals surface area contributed by atoms with Gasteiger partial charge >= 0.3 is 5.97 Å². The normalized spacial score (nSPS) is 16.9. The molecule has 0 aliphatic heterocycles. The van der Waals surface area contributed by atoms with Gasteiger partial charge in [-0.15, -0.1) is 0 Å². The molecule has 82 valence electrons. The average Bonchev–Trinajstić information content (AvgIpc) is 2.12. The highest BCUT2D eigenvalue weighted by atomic mass is 16.4. The molecule has 0 aliphatic rings. The van der Waals surface area contributed by atoms with Crippen LogP contribution in [-0.4, -0.2) is 47.3 Å². The van der Waals surface area contributed by atoms with Gasteiger partial charge in [0.05, 0.1) is 6.04 Å². The molecule has 0 heterocycles. The smallest absolute Gasteiger partial charge is 0.336 e. The standard InChI is InChI=1S/C8H16N2O4/c1-5(6(11)9-3)10-4-8(2,14)7(12)13/h5,10,14H,4H2,1-3H3,(H,9,11)(H,12,13). The molecule has 0 aliphatic carbocycles. The first kappa shape index (κ1) is 12.9. The Balaban J connectivity index is 4.06. The fraction of sp³-hybridized carbons (Fsp3) is 0.750. The molecule has 6 nitrogen and oxygen atoms in total. The zero-order valence-corrected chi connectivity index (χ0v) is 8.50. The predicted molar refractivity (Wildman–Crippen MR) is 49.8 cm³/mol. The van der Waals surface area contributed by atoms with E-state index in [0.717, 1.165) is 0 Å². The predicted octanol–water partition coefficient (Wildman–Crippen LogP) is -1.45. The largest absolute Gasteiger partial charge is 0.479 e. The van der Waals surface area contributed by atoms with E-state index in [0.29, 0.717) is 0 Å². The summed E-state index contributed by atoms with van der Waals surface area (Å²) in [6.45, 7) is 2.56. The van der Waals surface area contributed by atoms with Crippen LogP contribution in [0.3, 0.4) is 0 Å². The number of aliphatic carboxylic acids is 1. The van der Waals surface area contributed by atoms with Crippen LogP contribution in [0.4, 0.5) is 0 Å². The van der Waals surface area contributed by atoms with Gasteiger partial charge in [0.2, 0.25) is 5.91 Å². The van der Waals surface area contributed by atoms with E-state index in [2.05, 4.69) is 10.6 Å². The number of carboxylic acid groups (broad SMARTS) is 1. The Labute approximate surface area is 82.3 Å². The summed E-state index contributed by atoms with van der Waals surface area (Å²) in [5.41, 5.74) is -1.86. The minimum atomic E-state index is -1.86. The number of carbonyl (C=O) groups excluding carboxylic acids is 1. The number of carbonyl (C=O) groups is 2. The molecule has 0 radical (unpaired) electrons. The lowest BCUT2D eigenvalue weighted by Crippen LogP contribution is -2.50. The minimum absolute atomic E-state index is 0.184. The van der Waals surface area contributed by atoms with Crippen molar-refractivity contribution in [3.05, 3.63) is 0 Å². The van der Waals surface area contributed by atoms with Gasteiger partial charge in [0.15, 0.2) is 5.60 Å². The number of carboxylic acids is 1. The first-order chi connectivity index (χ1) is 6.31. The van der Waals surface area contributed by atoms with E-state index in [-0.39, 0.29) is 12.5 Å². The summed E-state index contributed by atoms with van der Waals surface area (Å²) in [7, 11) is 1.48. The summed E-state index contributed by atoms with van der Waals surface area (Å²) in [4.78, 5) is 21.5. The number of aliphatic hydroxyl groups is 1. The van der Waals surface area contributed by atoms with Gasteiger partial charge in [-0.2, -0.15) is 0 Å². The minimum Gasteiger partial charge on any atom is -0.479 e. The number of rotatable bonds is 5. The van der Waals surface area contributed by atoms with E-state index >= 15 is 0 Å². The quantitative estimate of drug-likeness (QED) is 0.439. The van der Waals surface area contributed by atoms with Gasteiger partial charge in [0.1, 0.15) is 0 Å². The van der Waals surface area contributed by atoms with Gasteiger partial charge in [-0.3, -0.25) is 4.79 Å². The summed E-state index contributed by atoms with van der Waals surface area (Å²) in [5, 5.41) is 22.9. The number of hydrogen-bond donors (Lipinski definition) is 4. The van der Waals surface area contributed by atoms with Crippen LogP contribution in [0.1, 0.15) is 13.8 Å². The lowest BCUT2D eigenvalue weighted by molar-refractivity contribution is -0.156. The third-order valence-electron chi connectivity index (χ3n) is 1.85. The molecule has 14 heavy (non-hydrogen) atoms. The Hall–Kier alpha value is -1.14. The highest BCUT2D eigenvalue weighted by molar-refractivity contribution is 5.81. The molecule has 0 bridgehead atoms. The van der Waals surface area contributed by atoms with Gasteiger partial charge in [-0.05, 0) is 13.8 Å². The van der Waals surface area contributed by atoms with Crippen LogP contribution in [0.25, 0.3) is 0 Å². The molecule has 0 rings (SSSR count). The Morgan fingerprint density at radius 2 is 2.00 bits per heavy atom. The monoisotopic (exact) mass is 204 g/mol. The summed E-state index contributed by atoms with van der Waals surface area (Å²) in [5.74, 6) is -1.58. The lowest BCUT2D eigenvalue weighted by atomic mass is 10.1. The van der Waals surface area contributed by atoms with Crippen molar-refractivity contribution < 1.29 is 19.8 Å². The third kappa shape index (κ3) is 3.71. The second-order valence-corrected chi connectivity index (χ2v) is 3.30. The molecule has 1 amide bonds. The summed E-state index contributed by atoms with van der Waals surface area (Å²) in [6, 6.07) is -0.536. The van der Waals surface area contributed by atoms with Gasteiger partial charge in [-0.1, -0.05) is 0 Å². The number of amides is 1. The van der Waals surface area contributed by atoms with Crippen LogP contribution >= 0.6 is 0 Å². The highest BCUT2D eigenvalue weighted by Crippen LogP contribution is 2.01. The van der Waals surface area contributed by atoms with Crippen LogP contribution in [0.2, 0.25) is 0 Å². The molecule has 0 saturated heterocycles. The molecular weight excluding hydrogens is 188 g/mol. The zero-order valence-electron chi connectivity index (χ0n) is 8.50. The van der Waals surface area contributed by atoms with Crippen molar-refractivity contribution in [2.45, 2.75) is 25.5 Å². The van der Waals surface area contributed by atoms with Gasteiger partial charge in [0, 0.05) is 13.6 Å². The third-order valence-corrected chi connectivity index (χ3v) is 1.85. The van der Waals surface area contributed by atoms with Crippen molar-refractivity contribution in [3.8, 4) is 0 Å². The maximum atomic E-state index is 11.0. The van der Waals surface area contributed by atoms with E-state index in [1.807, 2.05) is 0 Å². The van der Waals surface area contributed by atoms with E-state index < -0.39 is 17.6 Å². The molecule has 2 atom stereocenters. The first-order valence-corrected chi connectivity index (χ1v) is 4.22. The van der Waals surface area contributed by atoms with E-state index in [1.165, 1.54) is 14.0 Å². The number of likely N-dealkylation sites (N-methyl/N-ethyl adjacent to an activating group) is 1. The summed E-state index contributed by atoms with van der Waals surface area (Å²) in [6.07, 6.45) is 0. The van der Waals surface area contributed by atoms with Crippen molar-refractivity contribution in [1.82, 2.24) is 10.6 Å². The molecule has 4 N–H and O–H groups in total. The van der Waals surface area contributed by atoms with Crippen molar-refractivity contribution in [3.63, 3.8) is 0 Å². The molecule has 0 fully saturated rings. The van der Waals surface area contributed by atoms with Crippen molar-refractivity contribution >= 4 is 11.9 Å². The topological polar surface area (TPSA) is 98.7 Å². The van der Waals surface area contributed by atoms with Crippen LogP contribution in [0, 0.1) is 0 Å². The van der Waals surface area contributed by atoms with E-state index in [9.17, 15) is 14.7 Å². The Bertz CT molecular complexity index is 227. The second kappa shape index (κ2) is 4.92. The first-order valence-electron chi connectivity index (χ1n) is 4.22. The van der Waals surface area contributed by atoms with Crippen LogP contribution < -0.4 is 10.6 Å². The molecule has 0 saturated carbocycles. The summed E-state index contributed by atoms with van der Waals surface area (Å²) >= 11 is 0. The van der Waals surface area contributed by atoms with Crippen LogP contribution in [0.5, 0.6) is 0 Å². The van der Waals surface area contributed by atoms with Gasteiger partial charge < -0.3 is 20.8 Å². The maximum absolute atomic E-state index is 11.0. The van der Waals surface area contributed by atoms with Crippen molar-refractivity contribution in [2.24, 2.45) is 0 Å². The Morgan fingerprint density at radius 3 is 2.36 bits per heavy atom. The highest BCUT2D eigenvalue weighted by Gasteiger charge is 2.30. The molecule has 0 aromatic heterocycles. The lowest BCUT2D eigenvalue weighted by Gasteiger charge is -2.20. The number of hydrogen-bond acceptors (Lipinski definition) is 4. The zero-order chi connectivity index (χ0) is 11.4. The van der Waals surface area contributed by atoms with Crippen molar-refractivity contribution in [2.75, 3.05) is 13.6 Å². The molecule has 0 aromatic rings. The molecule has 0 aromatic carbocycles. The average molecular weight is 204 g/mol. The van der Waals surface area contributed by atoms with Gasteiger partial charge in [-0.25, -0.2) is 4.79 Å². The Morgan fingerprint density at radius 1 is 1.50 bits per heavy atom. The van der Waals surface area contributed by atoms with E-state index in [1.54, 1.807) is 6.92 Å². The fourth-order valence-corrected chi connectivity index (χ4v) is 0.737. The van der Waals surface area contributed by atoms with Crippen LogP contribution in [0.15, 0.2) is 0 Å². The fourth-order valence-electron chi connectivity index (χ4n) is 0.737. The molecule has 0 spiro atoms. The summed E-state index contributed by atoms with van der Waals surface area (Å²) < 4.78 is 0. The molecule has 6 heteroatoms. The van der Waals surface area contributed by atoms with Crippen LogP contribution in [-0.2, 0) is 9.59 Å². The Kier molecular flexibility index (Phi) is 4.52. The SMILES string of the molecule is CNC(=O)C(C)NCC(C)(O)C(=O)O. The maximum Gasteiger partial charge on any atom is 0.336 e. The molecular formula is C8H16N2O4. The molecule has 2 unspecified atom stereocenters. The van der Waals surface area contributed by atoms with Crippen molar-refractivity contribution in [1.29, 1.82) is 0 Å². The number of nitrogens with one attached hydrogen (secondary N) is 2. The van der Waals surface area contributed by atoms with Gasteiger partial charge in [0.25, 0.3) is 0 Å². The second-order valence-electron chi connectivity index (χ2n) is 3.30. The van der Waals surface area contributed by atoms with E-state index in [4.69, 9.17) is 5.11 Å².